The first-order valence-electron chi connectivity index (χ1n) is 5.48. The molecule has 0 unspecified atom stereocenters. The van der Waals surface area contributed by atoms with E-state index in [1.165, 1.54) is 13.2 Å². The molecule has 0 saturated heterocycles. The third kappa shape index (κ3) is 4.80. The van der Waals surface area contributed by atoms with Crippen molar-refractivity contribution in [3.05, 3.63) is 36.4 Å². The molecule has 0 saturated carbocycles. The van der Waals surface area contributed by atoms with Crippen LogP contribution in [0.5, 0.6) is 0 Å². The molecule has 0 heterocycles. The lowest BCUT2D eigenvalue weighted by Gasteiger charge is -2.07. The fourth-order valence-corrected chi connectivity index (χ4v) is 1.34. The van der Waals surface area contributed by atoms with Crippen LogP contribution in [0.4, 0.5) is 11.4 Å². The van der Waals surface area contributed by atoms with E-state index in [1.807, 2.05) is 0 Å². The van der Waals surface area contributed by atoms with Gasteiger partial charge in [0, 0.05) is 18.5 Å². The minimum atomic E-state index is -0.241. The van der Waals surface area contributed by atoms with Gasteiger partial charge in [0.15, 0.2) is 0 Å². The quantitative estimate of drug-likeness (QED) is 0.780. The summed E-state index contributed by atoms with van der Waals surface area (Å²) in [6.07, 6.45) is 3.08. The molecule has 2 N–H and O–H groups in total. The molecule has 0 atom stereocenters. The zero-order valence-corrected chi connectivity index (χ0v) is 10.4. The van der Waals surface area contributed by atoms with Gasteiger partial charge in [-0.1, -0.05) is 12.1 Å². The molecule has 0 aliphatic heterocycles. The zero-order valence-electron chi connectivity index (χ0n) is 10.4. The number of hydrogen-bond donors (Lipinski definition) is 2. The SMILES string of the molecule is CC=CC(=O)Nc1cccc(NC(=O)COC)c1. The summed E-state index contributed by atoms with van der Waals surface area (Å²) < 4.78 is 4.71. The molecule has 96 valence electrons. The third-order valence-corrected chi connectivity index (χ3v) is 2.01. The summed E-state index contributed by atoms with van der Waals surface area (Å²) >= 11 is 0. The van der Waals surface area contributed by atoms with Crippen molar-refractivity contribution in [3.8, 4) is 0 Å². The van der Waals surface area contributed by atoms with Crippen molar-refractivity contribution in [2.45, 2.75) is 6.92 Å². The molecule has 0 fully saturated rings. The fraction of sp³-hybridized carbons (Fsp3) is 0.231. The maximum atomic E-state index is 11.3. The molecule has 2 amide bonds. The van der Waals surface area contributed by atoms with Crippen molar-refractivity contribution in [1.29, 1.82) is 0 Å². The Bertz CT molecular complexity index is 455. The van der Waals surface area contributed by atoms with E-state index in [0.717, 1.165) is 0 Å². The first-order chi connectivity index (χ1) is 8.65. The maximum absolute atomic E-state index is 11.3. The Balaban J connectivity index is 2.67. The summed E-state index contributed by atoms with van der Waals surface area (Å²) in [6, 6.07) is 6.90. The minimum absolute atomic E-state index is 0.00480. The van der Waals surface area contributed by atoms with E-state index in [4.69, 9.17) is 4.74 Å². The lowest BCUT2D eigenvalue weighted by atomic mass is 10.2. The van der Waals surface area contributed by atoms with Crippen LogP contribution in [0.25, 0.3) is 0 Å². The number of rotatable bonds is 5. The van der Waals surface area contributed by atoms with E-state index >= 15 is 0 Å². The smallest absolute Gasteiger partial charge is 0.250 e. The molecule has 5 nitrogen and oxygen atoms in total. The van der Waals surface area contributed by atoms with Crippen LogP contribution in [0.2, 0.25) is 0 Å². The molecule has 5 heteroatoms. The van der Waals surface area contributed by atoms with Crippen LogP contribution in [-0.4, -0.2) is 25.5 Å². The van der Waals surface area contributed by atoms with Gasteiger partial charge in [-0.25, -0.2) is 0 Å². The number of nitrogens with one attached hydrogen (secondary N) is 2. The second-order valence-electron chi connectivity index (χ2n) is 3.55. The summed E-state index contributed by atoms with van der Waals surface area (Å²) in [5, 5.41) is 5.34. The number of methoxy groups -OCH3 is 1. The van der Waals surface area contributed by atoms with Crippen molar-refractivity contribution in [2.24, 2.45) is 0 Å². The fourth-order valence-electron chi connectivity index (χ4n) is 1.34. The molecule has 0 spiro atoms. The average molecular weight is 248 g/mol. The highest BCUT2D eigenvalue weighted by atomic mass is 16.5. The van der Waals surface area contributed by atoms with E-state index < -0.39 is 0 Å². The molecule has 0 aromatic heterocycles. The molecular weight excluding hydrogens is 232 g/mol. The van der Waals surface area contributed by atoms with Crippen LogP contribution in [0.1, 0.15) is 6.92 Å². The highest BCUT2D eigenvalue weighted by Crippen LogP contribution is 2.15. The van der Waals surface area contributed by atoms with Gasteiger partial charge in [-0.15, -0.1) is 0 Å². The van der Waals surface area contributed by atoms with Crippen molar-refractivity contribution in [2.75, 3.05) is 24.4 Å². The number of amides is 2. The molecule has 1 rings (SSSR count). The first kappa shape index (κ1) is 13.9. The van der Waals surface area contributed by atoms with E-state index in [9.17, 15) is 9.59 Å². The van der Waals surface area contributed by atoms with Crippen molar-refractivity contribution >= 4 is 23.2 Å². The summed E-state index contributed by atoms with van der Waals surface area (Å²) in [5.41, 5.74) is 1.23. The Kier molecular flexibility index (Phi) is 5.60. The molecule has 0 aliphatic rings. The number of carbonyl (C=O) groups excluding carboxylic acids is 2. The first-order valence-corrected chi connectivity index (χ1v) is 5.48. The lowest BCUT2D eigenvalue weighted by Crippen LogP contribution is -2.17. The van der Waals surface area contributed by atoms with Crippen LogP contribution in [0.15, 0.2) is 36.4 Å². The van der Waals surface area contributed by atoms with Crippen LogP contribution in [-0.2, 0) is 14.3 Å². The monoisotopic (exact) mass is 248 g/mol. The Labute approximate surface area is 106 Å². The van der Waals surface area contributed by atoms with Gasteiger partial charge in [0.2, 0.25) is 11.8 Å². The molecular formula is C13H16N2O3. The van der Waals surface area contributed by atoms with Gasteiger partial charge in [0.25, 0.3) is 0 Å². The van der Waals surface area contributed by atoms with Gasteiger partial charge in [-0.3, -0.25) is 9.59 Å². The van der Waals surface area contributed by atoms with Crippen LogP contribution in [0, 0.1) is 0 Å². The van der Waals surface area contributed by atoms with Crippen molar-refractivity contribution in [1.82, 2.24) is 0 Å². The van der Waals surface area contributed by atoms with E-state index in [2.05, 4.69) is 10.6 Å². The van der Waals surface area contributed by atoms with Crippen LogP contribution < -0.4 is 10.6 Å². The number of allylic oxidation sites excluding steroid dienone is 1. The Morgan fingerprint density at radius 2 is 1.94 bits per heavy atom. The van der Waals surface area contributed by atoms with Gasteiger partial charge in [-0.05, 0) is 31.2 Å². The minimum Gasteiger partial charge on any atom is -0.375 e. The molecule has 0 radical (unpaired) electrons. The summed E-state index contributed by atoms with van der Waals surface area (Å²) in [5.74, 6) is -0.452. The van der Waals surface area contributed by atoms with E-state index in [1.54, 1.807) is 37.3 Å². The number of benzene rings is 1. The van der Waals surface area contributed by atoms with Gasteiger partial charge in [0.1, 0.15) is 6.61 Å². The topological polar surface area (TPSA) is 67.4 Å². The Morgan fingerprint density at radius 1 is 1.28 bits per heavy atom. The van der Waals surface area contributed by atoms with Gasteiger partial charge >= 0.3 is 0 Å². The maximum Gasteiger partial charge on any atom is 0.250 e. The lowest BCUT2D eigenvalue weighted by molar-refractivity contribution is -0.119. The Hall–Kier alpha value is -2.14. The largest absolute Gasteiger partial charge is 0.375 e. The zero-order chi connectivity index (χ0) is 13.4. The summed E-state index contributed by atoms with van der Waals surface area (Å²) in [7, 11) is 1.45. The standard InChI is InChI=1S/C13H16N2O3/c1-3-5-12(16)14-10-6-4-7-11(8-10)15-13(17)9-18-2/h3-8H,9H2,1-2H3,(H,14,16)(H,15,17). The van der Waals surface area contributed by atoms with Crippen molar-refractivity contribution in [3.63, 3.8) is 0 Å². The number of anilines is 2. The second-order valence-corrected chi connectivity index (χ2v) is 3.55. The van der Waals surface area contributed by atoms with E-state index in [0.29, 0.717) is 11.4 Å². The number of ether oxygens (including phenoxy) is 1. The molecule has 1 aromatic rings. The summed E-state index contributed by atoms with van der Waals surface area (Å²) in [6.45, 7) is 1.76. The molecule has 1 aromatic carbocycles. The highest BCUT2D eigenvalue weighted by molar-refractivity contribution is 6.00. The van der Waals surface area contributed by atoms with Crippen LogP contribution in [0.3, 0.4) is 0 Å². The molecule has 0 aliphatic carbocycles. The predicted molar refractivity (Wildman–Crippen MR) is 70.4 cm³/mol. The molecule has 18 heavy (non-hydrogen) atoms. The number of carbonyl (C=O) groups is 2. The second kappa shape index (κ2) is 7.24. The van der Waals surface area contributed by atoms with Crippen LogP contribution >= 0.6 is 0 Å². The van der Waals surface area contributed by atoms with Gasteiger partial charge < -0.3 is 15.4 Å². The van der Waals surface area contributed by atoms with Crippen molar-refractivity contribution < 1.29 is 14.3 Å². The molecule has 0 bridgehead atoms. The van der Waals surface area contributed by atoms with Gasteiger partial charge in [-0.2, -0.15) is 0 Å². The summed E-state index contributed by atoms with van der Waals surface area (Å²) in [4.78, 5) is 22.7. The predicted octanol–water partition coefficient (Wildman–Crippen LogP) is 1.79. The average Bonchev–Trinajstić information content (AvgIpc) is 2.29. The highest BCUT2D eigenvalue weighted by Gasteiger charge is 2.03. The number of hydrogen-bond acceptors (Lipinski definition) is 3. The van der Waals surface area contributed by atoms with E-state index in [-0.39, 0.29) is 18.4 Å². The Morgan fingerprint density at radius 3 is 2.56 bits per heavy atom. The normalized spacial score (nSPS) is 10.3. The third-order valence-electron chi connectivity index (χ3n) is 2.01. The van der Waals surface area contributed by atoms with Gasteiger partial charge in [0.05, 0.1) is 0 Å².